The summed E-state index contributed by atoms with van der Waals surface area (Å²) in [5.74, 6) is -0.832. The molecule has 0 aliphatic carbocycles. The fourth-order valence-electron chi connectivity index (χ4n) is 1.65. The molecule has 20 heavy (non-hydrogen) atoms. The number of carbonyl (C=O) groups is 1. The molecule has 0 spiro atoms. The zero-order chi connectivity index (χ0) is 14.7. The summed E-state index contributed by atoms with van der Waals surface area (Å²) in [4.78, 5) is 24.8. The third-order valence-electron chi connectivity index (χ3n) is 2.50. The SMILES string of the molecule is CCOc1cc(-n2cnc(C(=O)O)c2)cc([N+](=O)[O-])c1. The number of carboxylic acid groups (broad SMARTS) is 1. The number of aromatic nitrogens is 2. The first-order valence-corrected chi connectivity index (χ1v) is 5.71. The minimum Gasteiger partial charge on any atom is -0.494 e. The lowest BCUT2D eigenvalue weighted by atomic mass is 10.2. The van der Waals surface area contributed by atoms with Gasteiger partial charge >= 0.3 is 5.97 Å². The Bertz CT molecular complexity index is 665. The molecular formula is C12H11N3O5. The molecular weight excluding hydrogens is 266 g/mol. The maximum Gasteiger partial charge on any atom is 0.356 e. The highest BCUT2D eigenvalue weighted by Gasteiger charge is 2.13. The molecule has 0 saturated carbocycles. The number of rotatable bonds is 5. The molecule has 8 heteroatoms. The number of nitro groups is 1. The standard InChI is InChI=1S/C12H11N3O5/c1-2-20-10-4-8(3-9(5-10)15(18)19)14-6-11(12(16)17)13-7-14/h3-7H,2H2,1H3,(H,16,17). The van der Waals surface area contributed by atoms with Crippen molar-refractivity contribution in [1.82, 2.24) is 9.55 Å². The summed E-state index contributed by atoms with van der Waals surface area (Å²) in [7, 11) is 0. The van der Waals surface area contributed by atoms with E-state index in [2.05, 4.69) is 4.98 Å². The minimum absolute atomic E-state index is 0.142. The third-order valence-corrected chi connectivity index (χ3v) is 2.50. The number of non-ortho nitro benzene ring substituents is 1. The van der Waals surface area contributed by atoms with Gasteiger partial charge in [-0.15, -0.1) is 0 Å². The van der Waals surface area contributed by atoms with Gasteiger partial charge in [-0.3, -0.25) is 10.1 Å². The van der Waals surface area contributed by atoms with Gasteiger partial charge in [0.1, 0.15) is 12.1 Å². The Morgan fingerprint density at radius 2 is 2.25 bits per heavy atom. The van der Waals surface area contributed by atoms with Crippen molar-refractivity contribution in [1.29, 1.82) is 0 Å². The molecule has 0 aliphatic rings. The summed E-state index contributed by atoms with van der Waals surface area (Å²) in [6.07, 6.45) is 2.55. The lowest BCUT2D eigenvalue weighted by Crippen LogP contribution is -1.98. The molecule has 1 heterocycles. The first-order valence-electron chi connectivity index (χ1n) is 5.71. The molecule has 2 rings (SSSR count). The smallest absolute Gasteiger partial charge is 0.356 e. The molecule has 0 amide bonds. The zero-order valence-electron chi connectivity index (χ0n) is 10.5. The molecule has 0 saturated heterocycles. The van der Waals surface area contributed by atoms with Crippen LogP contribution < -0.4 is 4.74 Å². The Morgan fingerprint density at radius 3 is 2.80 bits per heavy atom. The van der Waals surface area contributed by atoms with Gasteiger partial charge in [0.15, 0.2) is 5.69 Å². The molecule has 0 unspecified atom stereocenters. The molecule has 1 N–H and O–H groups in total. The summed E-state index contributed by atoms with van der Waals surface area (Å²) in [5.41, 5.74) is 0.119. The lowest BCUT2D eigenvalue weighted by molar-refractivity contribution is -0.384. The number of benzene rings is 1. The molecule has 0 radical (unpaired) electrons. The van der Waals surface area contributed by atoms with E-state index in [0.29, 0.717) is 18.0 Å². The molecule has 1 aromatic heterocycles. The first-order chi connectivity index (χ1) is 9.51. The average Bonchev–Trinajstić information content (AvgIpc) is 2.88. The van der Waals surface area contributed by atoms with Gasteiger partial charge < -0.3 is 14.4 Å². The van der Waals surface area contributed by atoms with Gasteiger partial charge in [-0.25, -0.2) is 9.78 Å². The van der Waals surface area contributed by atoms with Crippen molar-refractivity contribution >= 4 is 11.7 Å². The van der Waals surface area contributed by atoms with Crippen LogP contribution in [0.25, 0.3) is 5.69 Å². The van der Waals surface area contributed by atoms with Crippen molar-refractivity contribution < 1.29 is 19.6 Å². The second kappa shape index (κ2) is 5.39. The van der Waals surface area contributed by atoms with Gasteiger partial charge in [-0.2, -0.15) is 0 Å². The number of nitrogens with zero attached hydrogens (tertiary/aromatic N) is 3. The zero-order valence-corrected chi connectivity index (χ0v) is 10.5. The number of hydrogen-bond donors (Lipinski definition) is 1. The van der Waals surface area contributed by atoms with E-state index in [1.165, 1.54) is 29.2 Å². The second-order valence-electron chi connectivity index (χ2n) is 3.85. The van der Waals surface area contributed by atoms with Crippen LogP contribution in [0.3, 0.4) is 0 Å². The van der Waals surface area contributed by atoms with E-state index in [1.807, 2.05) is 0 Å². The van der Waals surface area contributed by atoms with E-state index in [-0.39, 0.29) is 11.4 Å². The Hall–Kier alpha value is -2.90. The Labute approximate surface area is 113 Å². The monoisotopic (exact) mass is 277 g/mol. The van der Waals surface area contributed by atoms with E-state index in [4.69, 9.17) is 9.84 Å². The van der Waals surface area contributed by atoms with Crippen LogP contribution in [0.4, 0.5) is 5.69 Å². The largest absolute Gasteiger partial charge is 0.494 e. The number of nitro benzene ring substituents is 1. The van der Waals surface area contributed by atoms with Crippen LogP contribution in [-0.4, -0.2) is 32.2 Å². The average molecular weight is 277 g/mol. The molecule has 8 nitrogen and oxygen atoms in total. The van der Waals surface area contributed by atoms with Crippen LogP contribution in [0.2, 0.25) is 0 Å². The first kappa shape index (κ1) is 13.5. The van der Waals surface area contributed by atoms with E-state index >= 15 is 0 Å². The predicted molar refractivity (Wildman–Crippen MR) is 68.3 cm³/mol. The van der Waals surface area contributed by atoms with Crippen molar-refractivity contribution in [2.45, 2.75) is 6.92 Å². The van der Waals surface area contributed by atoms with Crippen molar-refractivity contribution in [2.75, 3.05) is 6.61 Å². The molecule has 104 valence electrons. The lowest BCUT2D eigenvalue weighted by Gasteiger charge is -2.07. The summed E-state index contributed by atoms with van der Waals surface area (Å²) in [5, 5.41) is 19.7. The maximum atomic E-state index is 10.9. The minimum atomic E-state index is -1.17. The molecule has 0 fully saturated rings. The molecule has 0 aliphatic heterocycles. The van der Waals surface area contributed by atoms with E-state index in [1.54, 1.807) is 13.0 Å². The summed E-state index contributed by atoms with van der Waals surface area (Å²) in [6.45, 7) is 2.13. The number of carboxylic acids is 1. The summed E-state index contributed by atoms with van der Waals surface area (Å²) < 4.78 is 6.65. The normalized spacial score (nSPS) is 10.2. The highest BCUT2D eigenvalue weighted by Crippen LogP contribution is 2.25. The van der Waals surface area contributed by atoms with Crippen LogP contribution in [-0.2, 0) is 0 Å². The number of aromatic carboxylic acids is 1. The second-order valence-corrected chi connectivity index (χ2v) is 3.85. The van der Waals surface area contributed by atoms with E-state index in [9.17, 15) is 14.9 Å². The topological polar surface area (TPSA) is 107 Å². The maximum absolute atomic E-state index is 10.9. The van der Waals surface area contributed by atoms with E-state index < -0.39 is 10.9 Å². The molecule has 0 atom stereocenters. The van der Waals surface area contributed by atoms with Gasteiger partial charge in [0.25, 0.3) is 5.69 Å². The van der Waals surface area contributed by atoms with Crippen molar-refractivity contribution in [2.24, 2.45) is 0 Å². The van der Waals surface area contributed by atoms with Gasteiger partial charge in [0.2, 0.25) is 0 Å². The molecule has 0 bridgehead atoms. The predicted octanol–water partition coefficient (Wildman–Crippen LogP) is 1.88. The van der Waals surface area contributed by atoms with Gasteiger partial charge in [0.05, 0.1) is 23.3 Å². The van der Waals surface area contributed by atoms with Gasteiger partial charge in [0, 0.05) is 18.3 Å². The van der Waals surface area contributed by atoms with Crippen LogP contribution in [0.15, 0.2) is 30.7 Å². The van der Waals surface area contributed by atoms with Crippen molar-refractivity contribution in [3.8, 4) is 11.4 Å². The Kier molecular flexibility index (Phi) is 3.65. The third kappa shape index (κ3) is 2.74. The van der Waals surface area contributed by atoms with Gasteiger partial charge in [-0.1, -0.05) is 0 Å². The van der Waals surface area contributed by atoms with Crippen LogP contribution in [0.1, 0.15) is 17.4 Å². The summed E-state index contributed by atoms with van der Waals surface area (Å²) in [6, 6.07) is 4.20. The Balaban J connectivity index is 2.48. The van der Waals surface area contributed by atoms with Crippen molar-refractivity contribution in [3.05, 3.63) is 46.5 Å². The highest BCUT2D eigenvalue weighted by atomic mass is 16.6. The van der Waals surface area contributed by atoms with E-state index in [0.717, 1.165) is 0 Å². The van der Waals surface area contributed by atoms with Crippen LogP contribution in [0.5, 0.6) is 5.75 Å². The quantitative estimate of drug-likeness (QED) is 0.660. The number of imidazole rings is 1. The summed E-state index contributed by atoms with van der Waals surface area (Å²) >= 11 is 0. The van der Waals surface area contributed by atoms with Gasteiger partial charge in [-0.05, 0) is 6.92 Å². The number of ether oxygens (including phenoxy) is 1. The highest BCUT2D eigenvalue weighted by molar-refractivity contribution is 5.85. The Morgan fingerprint density at radius 1 is 1.50 bits per heavy atom. The number of hydrogen-bond acceptors (Lipinski definition) is 5. The van der Waals surface area contributed by atoms with Crippen LogP contribution >= 0.6 is 0 Å². The van der Waals surface area contributed by atoms with Crippen molar-refractivity contribution in [3.63, 3.8) is 0 Å². The van der Waals surface area contributed by atoms with Crippen LogP contribution in [0, 0.1) is 10.1 Å². The molecule has 1 aromatic carbocycles. The fourth-order valence-corrected chi connectivity index (χ4v) is 1.65. The fraction of sp³-hybridized carbons (Fsp3) is 0.167. The molecule has 2 aromatic rings.